The van der Waals surface area contributed by atoms with Crippen molar-refractivity contribution in [3.05, 3.63) is 0 Å². The van der Waals surface area contributed by atoms with E-state index in [4.69, 9.17) is 4.74 Å². The molecule has 4 nitrogen and oxygen atoms in total. The highest BCUT2D eigenvalue weighted by molar-refractivity contribution is 5.68. The van der Waals surface area contributed by atoms with Gasteiger partial charge in [-0.2, -0.15) is 0 Å². The van der Waals surface area contributed by atoms with Crippen LogP contribution in [0.3, 0.4) is 0 Å². The molecule has 1 N–H and O–H groups in total. The summed E-state index contributed by atoms with van der Waals surface area (Å²) in [6, 6.07) is 0. The van der Waals surface area contributed by atoms with Crippen molar-refractivity contribution in [3.63, 3.8) is 0 Å². The molecule has 1 amide bonds. The van der Waals surface area contributed by atoms with Crippen LogP contribution < -0.4 is 0 Å². The Kier molecular flexibility index (Phi) is 5.65. The second-order valence-corrected chi connectivity index (χ2v) is 4.78. The monoisotopic (exact) mass is 217 g/mol. The van der Waals surface area contributed by atoms with Crippen LogP contribution in [0.5, 0.6) is 0 Å². The quantitative estimate of drug-likeness (QED) is 0.783. The van der Waals surface area contributed by atoms with Crippen LogP contribution in [0.1, 0.15) is 41.0 Å². The fraction of sp³-hybridized carbons (Fsp3) is 0.909. The standard InChI is InChI=1S/C11H23NO3/c1-6-7-12(8-9(2)13)10(14)15-11(3,4)5/h9,13H,6-8H2,1-5H3. The molecular weight excluding hydrogens is 194 g/mol. The number of hydrogen-bond acceptors (Lipinski definition) is 3. The van der Waals surface area contributed by atoms with Gasteiger partial charge in [0.1, 0.15) is 5.60 Å². The number of nitrogens with zero attached hydrogens (tertiary/aromatic N) is 1. The van der Waals surface area contributed by atoms with Gasteiger partial charge < -0.3 is 14.7 Å². The minimum absolute atomic E-state index is 0.322. The van der Waals surface area contributed by atoms with Crippen LogP contribution >= 0.6 is 0 Å². The van der Waals surface area contributed by atoms with Crippen LogP contribution in [0.4, 0.5) is 4.79 Å². The van der Waals surface area contributed by atoms with E-state index in [0.29, 0.717) is 13.1 Å². The molecule has 1 atom stereocenters. The number of aliphatic hydroxyl groups excluding tert-OH is 1. The van der Waals surface area contributed by atoms with Crippen LogP contribution in [-0.2, 0) is 4.74 Å². The molecule has 0 heterocycles. The highest BCUT2D eigenvalue weighted by Gasteiger charge is 2.22. The van der Waals surface area contributed by atoms with E-state index in [1.807, 2.05) is 27.7 Å². The molecule has 90 valence electrons. The van der Waals surface area contributed by atoms with Crippen LogP contribution in [-0.4, -0.2) is 40.9 Å². The third kappa shape index (κ3) is 7.19. The summed E-state index contributed by atoms with van der Waals surface area (Å²) in [7, 11) is 0. The first-order chi connectivity index (χ1) is 6.76. The van der Waals surface area contributed by atoms with Crippen molar-refractivity contribution in [2.24, 2.45) is 0 Å². The molecule has 0 aromatic rings. The van der Waals surface area contributed by atoms with Gasteiger partial charge in [-0.1, -0.05) is 6.92 Å². The van der Waals surface area contributed by atoms with Crippen molar-refractivity contribution < 1.29 is 14.6 Å². The molecule has 0 fully saturated rings. The van der Waals surface area contributed by atoms with Gasteiger partial charge in [-0.3, -0.25) is 0 Å². The van der Waals surface area contributed by atoms with Crippen LogP contribution in [0.15, 0.2) is 0 Å². The van der Waals surface area contributed by atoms with Crippen LogP contribution in [0, 0.1) is 0 Å². The van der Waals surface area contributed by atoms with Gasteiger partial charge >= 0.3 is 6.09 Å². The Hall–Kier alpha value is -0.770. The first-order valence-electron chi connectivity index (χ1n) is 5.42. The maximum Gasteiger partial charge on any atom is 0.410 e. The molecule has 0 saturated carbocycles. The van der Waals surface area contributed by atoms with Gasteiger partial charge in [-0.05, 0) is 34.1 Å². The highest BCUT2D eigenvalue weighted by Crippen LogP contribution is 2.10. The second kappa shape index (κ2) is 5.95. The number of aliphatic hydroxyl groups is 1. The molecule has 1 unspecified atom stereocenters. The zero-order valence-electron chi connectivity index (χ0n) is 10.4. The smallest absolute Gasteiger partial charge is 0.410 e. The zero-order chi connectivity index (χ0) is 12.1. The van der Waals surface area contributed by atoms with Crippen LogP contribution in [0.2, 0.25) is 0 Å². The first kappa shape index (κ1) is 14.2. The molecule has 4 heteroatoms. The van der Waals surface area contributed by atoms with Gasteiger partial charge in [0.2, 0.25) is 0 Å². The molecule has 0 spiro atoms. The minimum Gasteiger partial charge on any atom is -0.444 e. The fourth-order valence-electron chi connectivity index (χ4n) is 1.17. The summed E-state index contributed by atoms with van der Waals surface area (Å²) in [4.78, 5) is 13.2. The summed E-state index contributed by atoms with van der Waals surface area (Å²) >= 11 is 0. The Morgan fingerprint density at radius 2 is 2.00 bits per heavy atom. The lowest BCUT2D eigenvalue weighted by Gasteiger charge is -2.27. The lowest BCUT2D eigenvalue weighted by Crippen LogP contribution is -2.40. The predicted octanol–water partition coefficient (Wildman–Crippen LogP) is 2.01. The lowest BCUT2D eigenvalue weighted by atomic mass is 10.2. The summed E-state index contributed by atoms with van der Waals surface area (Å²) in [5.41, 5.74) is -0.484. The Bertz CT molecular complexity index is 196. The van der Waals surface area contributed by atoms with E-state index in [9.17, 15) is 9.90 Å². The molecule has 0 aromatic heterocycles. The average molecular weight is 217 g/mol. The Labute approximate surface area is 92.2 Å². The molecule has 0 aliphatic carbocycles. The van der Waals surface area contributed by atoms with Gasteiger partial charge in [-0.25, -0.2) is 4.79 Å². The van der Waals surface area contributed by atoms with Crippen LogP contribution in [0.25, 0.3) is 0 Å². The van der Waals surface area contributed by atoms with Crippen molar-refractivity contribution in [2.75, 3.05) is 13.1 Å². The fourth-order valence-corrected chi connectivity index (χ4v) is 1.17. The minimum atomic E-state index is -0.524. The summed E-state index contributed by atoms with van der Waals surface area (Å²) in [5, 5.41) is 9.25. The largest absolute Gasteiger partial charge is 0.444 e. The van der Waals surface area contributed by atoms with E-state index in [1.54, 1.807) is 6.92 Å². The predicted molar refractivity (Wildman–Crippen MR) is 59.8 cm³/mol. The number of amides is 1. The van der Waals surface area contributed by atoms with E-state index in [1.165, 1.54) is 4.90 Å². The van der Waals surface area contributed by atoms with E-state index >= 15 is 0 Å². The summed E-state index contributed by atoms with van der Waals surface area (Å²) in [6.45, 7) is 10.1. The first-order valence-corrected chi connectivity index (χ1v) is 5.42. The van der Waals surface area contributed by atoms with Gasteiger partial charge in [0, 0.05) is 13.1 Å². The highest BCUT2D eigenvalue weighted by atomic mass is 16.6. The lowest BCUT2D eigenvalue weighted by molar-refractivity contribution is 0.0162. The number of hydrogen-bond donors (Lipinski definition) is 1. The molecule has 0 radical (unpaired) electrons. The van der Waals surface area contributed by atoms with Crippen molar-refractivity contribution >= 4 is 6.09 Å². The Morgan fingerprint density at radius 1 is 1.47 bits per heavy atom. The van der Waals surface area contributed by atoms with Gasteiger partial charge in [0.15, 0.2) is 0 Å². The van der Waals surface area contributed by atoms with Gasteiger partial charge in [0.05, 0.1) is 6.10 Å². The van der Waals surface area contributed by atoms with Crippen molar-refractivity contribution in [2.45, 2.75) is 52.7 Å². The maximum atomic E-state index is 11.7. The van der Waals surface area contributed by atoms with Crippen molar-refractivity contribution in [3.8, 4) is 0 Å². The van der Waals surface area contributed by atoms with Crippen molar-refractivity contribution in [1.82, 2.24) is 4.90 Å². The summed E-state index contributed by atoms with van der Waals surface area (Å²) < 4.78 is 5.23. The molecule has 0 aliphatic heterocycles. The number of carbonyl (C=O) groups is 1. The number of ether oxygens (including phenoxy) is 1. The molecule has 0 aromatic carbocycles. The molecule has 0 saturated heterocycles. The third-order valence-electron chi connectivity index (χ3n) is 1.63. The summed E-state index contributed by atoms with van der Waals surface area (Å²) in [6.07, 6.45) is -0.0271. The SMILES string of the molecule is CCCN(CC(C)O)C(=O)OC(C)(C)C. The molecule has 15 heavy (non-hydrogen) atoms. The van der Waals surface area contributed by atoms with E-state index in [0.717, 1.165) is 6.42 Å². The normalized spacial score (nSPS) is 13.5. The Balaban J connectivity index is 4.28. The summed E-state index contributed by atoms with van der Waals surface area (Å²) in [5.74, 6) is 0. The molecule has 0 aliphatic rings. The topological polar surface area (TPSA) is 49.8 Å². The Morgan fingerprint density at radius 3 is 2.33 bits per heavy atom. The molecule has 0 rings (SSSR count). The number of carbonyl (C=O) groups excluding carboxylic acids is 1. The third-order valence-corrected chi connectivity index (χ3v) is 1.63. The maximum absolute atomic E-state index is 11.7. The molecule has 0 bridgehead atoms. The van der Waals surface area contributed by atoms with Gasteiger partial charge in [0.25, 0.3) is 0 Å². The van der Waals surface area contributed by atoms with E-state index in [-0.39, 0.29) is 6.09 Å². The number of rotatable bonds is 4. The van der Waals surface area contributed by atoms with Gasteiger partial charge in [-0.15, -0.1) is 0 Å². The molecular formula is C11H23NO3. The van der Waals surface area contributed by atoms with E-state index in [2.05, 4.69) is 0 Å². The second-order valence-electron chi connectivity index (χ2n) is 4.78. The van der Waals surface area contributed by atoms with E-state index < -0.39 is 11.7 Å². The van der Waals surface area contributed by atoms with Crippen molar-refractivity contribution in [1.29, 1.82) is 0 Å². The average Bonchev–Trinajstić information content (AvgIpc) is 1.99. The zero-order valence-corrected chi connectivity index (χ0v) is 10.4.